The van der Waals surface area contributed by atoms with Gasteiger partial charge in [-0.3, -0.25) is 0 Å². The molecule has 0 amide bonds. The average Bonchev–Trinajstić information content (AvgIpc) is 3.19. The second kappa shape index (κ2) is 8.53. The highest BCUT2D eigenvalue weighted by molar-refractivity contribution is 6.32. The Hall–Kier alpha value is -3.71. The summed E-state index contributed by atoms with van der Waals surface area (Å²) in [6.45, 7) is 1.53. The third-order valence-electron chi connectivity index (χ3n) is 4.25. The van der Waals surface area contributed by atoms with Crippen LogP contribution in [0.1, 0.15) is 26.3 Å². The van der Waals surface area contributed by atoms with Crippen LogP contribution in [0.15, 0.2) is 60.7 Å². The minimum Gasteiger partial charge on any atom is -0.478 e. The van der Waals surface area contributed by atoms with Gasteiger partial charge in [0.2, 0.25) is 0 Å². The van der Waals surface area contributed by atoms with E-state index in [0.717, 1.165) is 28.2 Å². The van der Waals surface area contributed by atoms with Crippen LogP contribution >= 0.6 is 11.6 Å². The third-order valence-corrected chi connectivity index (χ3v) is 4.65. The second-order valence-corrected chi connectivity index (χ2v) is 6.51. The van der Waals surface area contributed by atoms with E-state index < -0.39 is 11.9 Å². The quantitative estimate of drug-likeness (QED) is 0.452. The maximum atomic E-state index is 10.7. The third kappa shape index (κ3) is 4.41. The molecule has 3 N–H and O–H groups in total. The molecule has 0 aliphatic rings. The summed E-state index contributed by atoms with van der Waals surface area (Å²) in [5.74, 6) is -2.39. The van der Waals surface area contributed by atoms with Crippen molar-refractivity contribution in [2.75, 3.05) is 0 Å². The van der Waals surface area contributed by atoms with E-state index in [1.54, 1.807) is 0 Å². The molecule has 0 aliphatic carbocycles. The SMILES string of the molecule is Cc1c(Cl)cc(C(=O)O)cc1C(=O)O.c1ccc(-c2cccc3n[nH]nc23)cc1. The molecule has 0 atom stereocenters. The number of nitrogens with zero attached hydrogens (tertiary/aromatic N) is 2. The first-order chi connectivity index (χ1) is 13.9. The van der Waals surface area contributed by atoms with Gasteiger partial charge >= 0.3 is 11.9 Å². The number of H-pyrrole nitrogens is 1. The molecule has 4 aromatic rings. The van der Waals surface area contributed by atoms with Crippen molar-refractivity contribution in [1.82, 2.24) is 15.4 Å². The van der Waals surface area contributed by atoms with Crippen molar-refractivity contribution in [2.24, 2.45) is 0 Å². The summed E-state index contributed by atoms with van der Waals surface area (Å²) in [4.78, 5) is 21.3. The molecule has 0 saturated heterocycles. The van der Waals surface area contributed by atoms with E-state index in [4.69, 9.17) is 21.8 Å². The monoisotopic (exact) mass is 409 g/mol. The number of halogens is 1. The van der Waals surface area contributed by atoms with Gasteiger partial charge in [-0.25, -0.2) is 9.59 Å². The average molecular weight is 410 g/mol. The van der Waals surface area contributed by atoms with Crippen molar-refractivity contribution >= 4 is 34.6 Å². The lowest BCUT2D eigenvalue weighted by Gasteiger charge is -2.04. The Labute approximate surface area is 170 Å². The Morgan fingerprint density at radius 3 is 2.31 bits per heavy atom. The van der Waals surface area contributed by atoms with Crippen LogP contribution in [0.3, 0.4) is 0 Å². The number of nitrogens with one attached hydrogen (secondary N) is 1. The normalized spacial score (nSPS) is 10.3. The maximum Gasteiger partial charge on any atom is 0.336 e. The van der Waals surface area contributed by atoms with Crippen molar-refractivity contribution in [2.45, 2.75) is 6.92 Å². The molecule has 0 spiro atoms. The summed E-state index contributed by atoms with van der Waals surface area (Å²) in [5, 5.41) is 28.4. The Bertz CT molecular complexity index is 1190. The van der Waals surface area contributed by atoms with Crippen LogP contribution in [0.2, 0.25) is 5.02 Å². The lowest BCUT2D eigenvalue weighted by Crippen LogP contribution is -2.05. The van der Waals surface area contributed by atoms with E-state index >= 15 is 0 Å². The fourth-order valence-electron chi connectivity index (χ4n) is 2.74. The molecule has 3 aromatic carbocycles. The van der Waals surface area contributed by atoms with Gasteiger partial charge in [-0.2, -0.15) is 15.4 Å². The van der Waals surface area contributed by atoms with Crippen LogP contribution in [0.25, 0.3) is 22.2 Å². The fraction of sp³-hybridized carbons (Fsp3) is 0.0476. The lowest BCUT2D eigenvalue weighted by atomic mass is 10.0. The van der Waals surface area contributed by atoms with E-state index in [2.05, 4.69) is 33.6 Å². The maximum absolute atomic E-state index is 10.7. The van der Waals surface area contributed by atoms with Gasteiger partial charge in [0, 0.05) is 10.6 Å². The van der Waals surface area contributed by atoms with Gasteiger partial charge < -0.3 is 10.2 Å². The minimum absolute atomic E-state index is 0.0881. The van der Waals surface area contributed by atoms with Gasteiger partial charge in [0.1, 0.15) is 11.0 Å². The number of rotatable bonds is 3. The van der Waals surface area contributed by atoms with Gasteiger partial charge in [0.25, 0.3) is 0 Å². The zero-order valence-electron chi connectivity index (χ0n) is 15.3. The zero-order valence-corrected chi connectivity index (χ0v) is 16.0. The zero-order chi connectivity index (χ0) is 21.0. The van der Waals surface area contributed by atoms with Crippen LogP contribution in [-0.2, 0) is 0 Å². The number of benzene rings is 3. The van der Waals surface area contributed by atoms with Crippen LogP contribution in [-0.4, -0.2) is 37.6 Å². The number of fused-ring (bicyclic) bond motifs is 1. The van der Waals surface area contributed by atoms with Crippen LogP contribution in [0.4, 0.5) is 0 Å². The topological polar surface area (TPSA) is 116 Å². The standard InChI is InChI=1S/C12H9N3.C9H7ClO4/c1-2-5-9(6-3-1)10-7-4-8-11-12(10)14-15-13-11;1-4-6(9(13)14)2-5(8(11)12)3-7(4)10/h1-8H,(H,13,14,15);2-3H,1H3,(H,11,12)(H,13,14). The highest BCUT2D eigenvalue weighted by Crippen LogP contribution is 2.25. The highest BCUT2D eigenvalue weighted by Gasteiger charge is 2.14. The van der Waals surface area contributed by atoms with Crippen molar-refractivity contribution in [3.05, 3.63) is 82.4 Å². The molecule has 8 heteroatoms. The molecule has 29 heavy (non-hydrogen) atoms. The van der Waals surface area contributed by atoms with Gasteiger partial charge in [-0.1, -0.05) is 54.1 Å². The minimum atomic E-state index is -1.20. The Morgan fingerprint density at radius 1 is 0.931 bits per heavy atom. The number of aromatic amines is 1. The van der Waals surface area contributed by atoms with E-state index in [-0.39, 0.29) is 16.1 Å². The van der Waals surface area contributed by atoms with E-state index in [0.29, 0.717) is 5.56 Å². The number of aromatic carboxylic acids is 2. The van der Waals surface area contributed by atoms with Crippen molar-refractivity contribution in [3.63, 3.8) is 0 Å². The molecule has 4 rings (SSSR count). The van der Waals surface area contributed by atoms with Gasteiger partial charge in [0.05, 0.1) is 11.1 Å². The van der Waals surface area contributed by atoms with Crippen molar-refractivity contribution in [1.29, 1.82) is 0 Å². The number of carboxylic acid groups (broad SMARTS) is 2. The van der Waals surface area contributed by atoms with Gasteiger partial charge in [-0.15, -0.1) is 0 Å². The summed E-state index contributed by atoms with van der Waals surface area (Å²) >= 11 is 5.68. The molecule has 146 valence electrons. The molecule has 1 heterocycles. The molecule has 1 aromatic heterocycles. The Morgan fingerprint density at radius 2 is 1.66 bits per heavy atom. The summed E-state index contributed by atoms with van der Waals surface area (Å²) in [7, 11) is 0. The summed E-state index contributed by atoms with van der Waals surface area (Å²) < 4.78 is 0. The predicted molar refractivity (Wildman–Crippen MR) is 109 cm³/mol. The number of hydrogen-bond donors (Lipinski definition) is 3. The highest BCUT2D eigenvalue weighted by atomic mass is 35.5. The molecule has 0 radical (unpaired) electrons. The van der Waals surface area contributed by atoms with E-state index in [1.807, 2.05) is 30.3 Å². The number of carbonyl (C=O) groups is 2. The molecular formula is C21H16ClN3O4. The largest absolute Gasteiger partial charge is 0.478 e. The number of hydrogen-bond acceptors (Lipinski definition) is 4. The lowest BCUT2D eigenvalue weighted by molar-refractivity contribution is 0.0695. The second-order valence-electron chi connectivity index (χ2n) is 6.10. The van der Waals surface area contributed by atoms with Gasteiger partial charge in [0.15, 0.2) is 0 Å². The first-order valence-corrected chi connectivity index (χ1v) is 8.88. The van der Waals surface area contributed by atoms with Crippen molar-refractivity contribution in [3.8, 4) is 11.1 Å². The number of carboxylic acids is 2. The molecular weight excluding hydrogens is 394 g/mol. The summed E-state index contributed by atoms with van der Waals surface area (Å²) in [5.41, 5.74) is 4.25. The fourth-order valence-corrected chi connectivity index (χ4v) is 2.96. The summed E-state index contributed by atoms with van der Waals surface area (Å²) in [6, 6.07) is 18.5. The van der Waals surface area contributed by atoms with Crippen LogP contribution in [0.5, 0.6) is 0 Å². The van der Waals surface area contributed by atoms with E-state index in [9.17, 15) is 9.59 Å². The molecule has 0 bridgehead atoms. The smallest absolute Gasteiger partial charge is 0.336 e. The molecule has 0 unspecified atom stereocenters. The van der Waals surface area contributed by atoms with Crippen molar-refractivity contribution < 1.29 is 19.8 Å². The molecule has 7 nitrogen and oxygen atoms in total. The van der Waals surface area contributed by atoms with E-state index in [1.165, 1.54) is 13.0 Å². The first kappa shape index (κ1) is 20.0. The number of aromatic nitrogens is 3. The molecule has 0 aliphatic heterocycles. The van der Waals surface area contributed by atoms with Gasteiger partial charge in [-0.05, 0) is 36.2 Å². The van der Waals surface area contributed by atoms with Crippen LogP contribution < -0.4 is 0 Å². The Kier molecular flexibility index (Phi) is 5.90. The summed E-state index contributed by atoms with van der Waals surface area (Å²) in [6.07, 6.45) is 0. The molecule has 0 saturated carbocycles. The Balaban J connectivity index is 0.000000166. The number of para-hydroxylation sites is 1. The first-order valence-electron chi connectivity index (χ1n) is 8.50. The predicted octanol–water partition coefficient (Wildman–Crippen LogP) is 4.67. The van der Waals surface area contributed by atoms with Crippen LogP contribution in [0, 0.1) is 6.92 Å². The molecule has 0 fully saturated rings.